The highest BCUT2D eigenvalue weighted by Crippen LogP contribution is 2.24. The van der Waals surface area contributed by atoms with Crippen LogP contribution in [0.1, 0.15) is 44.9 Å². The molecule has 1 saturated carbocycles. The zero-order chi connectivity index (χ0) is 10.2. The highest BCUT2D eigenvalue weighted by atomic mass is 16.5. The second-order valence-corrected chi connectivity index (χ2v) is 4.00. The lowest BCUT2D eigenvalue weighted by Gasteiger charge is -2.12. The molecule has 1 fully saturated rings. The van der Waals surface area contributed by atoms with Gasteiger partial charge in [0.05, 0.1) is 7.11 Å². The number of rotatable bonds is 3. The van der Waals surface area contributed by atoms with Gasteiger partial charge in [-0.3, -0.25) is 0 Å². The molecule has 1 aliphatic carbocycles. The fourth-order valence-corrected chi connectivity index (χ4v) is 2.06. The van der Waals surface area contributed by atoms with Crippen molar-refractivity contribution < 1.29 is 9.53 Å². The van der Waals surface area contributed by atoms with Gasteiger partial charge in [-0.1, -0.05) is 38.5 Å². The summed E-state index contributed by atoms with van der Waals surface area (Å²) < 4.78 is 4.46. The van der Waals surface area contributed by atoms with Crippen LogP contribution >= 0.6 is 0 Å². The third-order valence-electron chi connectivity index (χ3n) is 2.93. The molecule has 0 aromatic carbocycles. The van der Waals surface area contributed by atoms with Crippen molar-refractivity contribution in [1.29, 1.82) is 0 Å². The van der Waals surface area contributed by atoms with Gasteiger partial charge in [-0.15, -0.1) is 0 Å². The first-order valence-electron chi connectivity index (χ1n) is 5.58. The van der Waals surface area contributed by atoms with Crippen LogP contribution < -0.4 is 5.32 Å². The first-order chi connectivity index (χ1) is 6.83. The number of hydrogen-bond donors (Lipinski definition) is 0. The normalized spacial score (nSPS) is 18.6. The zero-order valence-electron chi connectivity index (χ0n) is 9.00. The van der Waals surface area contributed by atoms with E-state index in [0.29, 0.717) is 6.54 Å². The first-order valence-corrected chi connectivity index (χ1v) is 5.58. The van der Waals surface area contributed by atoms with Crippen molar-refractivity contribution in [3.63, 3.8) is 0 Å². The van der Waals surface area contributed by atoms with E-state index in [9.17, 15) is 4.79 Å². The van der Waals surface area contributed by atoms with Gasteiger partial charge in [-0.05, 0) is 12.3 Å². The third-order valence-corrected chi connectivity index (χ3v) is 2.93. The summed E-state index contributed by atoms with van der Waals surface area (Å²) in [4.78, 5) is 10.7. The number of nitrogens with zero attached hydrogens (tertiary/aromatic N) is 1. The van der Waals surface area contributed by atoms with Crippen molar-refractivity contribution in [2.24, 2.45) is 5.92 Å². The third kappa shape index (κ3) is 4.49. The molecule has 0 bridgehead atoms. The summed E-state index contributed by atoms with van der Waals surface area (Å²) in [6.45, 7) is 0.636. The van der Waals surface area contributed by atoms with Crippen LogP contribution in [0.3, 0.4) is 0 Å². The smallest absolute Gasteiger partial charge is 0.428 e. The molecule has 1 radical (unpaired) electrons. The lowest BCUT2D eigenvalue weighted by molar-refractivity contribution is 0.169. The van der Waals surface area contributed by atoms with Gasteiger partial charge < -0.3 is 4.74 Å². The number of methoxy groups -OCH3 is 1. The highest BCUT2D eigenvalue weighted by molar-refractivity contribution is 5.66. The summed E-state index contributed by atoms with van der Waals surface area (Å²) in [6.07, 6.45) is 8.71. The fourth-order valence-electron chi connectivity index (χ4n) is 2.06. The van der Waals surface area contributed by atoms with Gasteiger partial charge in [0.2, 0.25) is 0 Å². The van der Waals surface area contributed by atoms with Crippen LogP contribution in [0.4, 0.5) is 4.79 Å². The molecule has 0 atom stereocenters. The predicted molar refractivity (Wildman–Crippen MR) is 55.2 cm³/mol. The molecule has 0 aromatic heterocycles. The number of amides is 1. The molecule has 0 unspecified atom stereocenters. The molecule has 0 spiro atoms. The summed E-state index contributed by atoms with van der Waals surface area (Å²) >= 11 is 0. The molecule has 0 heterocycles. The standard InChI is InChI=1S/C11H20NO2/c1-14-11(13)12-9-8-10-6-4-2-3-5-7-10/h10H,2-9H2,1H3. The molecule has 1 aliphatic rings. The Morgan fingerprint density at radius 1 is 1.29 bits per heavy atom. The minimum Gasteiger partial charge on any atom is -0.452 e. The van der Waals surface area contributed by atoms with Gasteiger partial charge in [-0.2, -0.15) is 0 Å². The van der Waals surface area contributed by atoms with Gasteiger partial charge >= 0.3 is 6.09 Å². The second-order valence-electron chi connectivity index (χ2n) is 4.00. The first kappa shape index (κ1) is 11.3. The highest BCUT2D eigenvalue weighted by Gasteiger charge is 2.12. The van der Waals surface area contributed by atoms with E-state index in [2.05, 4.69) is 10.1 Å². The monoisotopic (exact) mass is 198 g/mol. The van der Waals surface area contributed by atoms with E-state index < -0.39 is 6.09 Å². The Bertz CT molecular complexity index is 163. The Hall–Kier alpha value is -0.730. The minimum atomic E-state index is -0.432. The number of carbonyl (C=O) groups is 1. The van der Waals surface area contributed by atoms with E-state index >= 15 is 0 Å². The van der Waals surface area contributed by atoms with E-state index in [1.807, 2.05) is 0 Å². The zero-order valence-corrected chi connectivity index (χ0v) is 9.00. The van der Waals surface area contributed by atoms with Crippen LogP contribution in [-0.4, -0.2) is 19.7 Å². The van der Waals surface area contributed by atoms with Crippen LogP contribution in [-0.2, 0) is 4.74 Å². The van der Waals surface area contributed by atoms with Gasteiger partial charge in [0.25, 0.3) is 0 Å². The van der Waals surface area contributed by atoms with E-state index in [1.54, 1.807) is 0 Å². The van der Waals surface area contributed by atoms with Gasteiger partial charge in [-0.25, -0.2) is 10.1 Å². The molecule has 1 rings (SSSR count). The van der Waals surface area contributed by atoms with Crippen LogP contribution in [0.15, 0.2) is 0 Å². The molecule has 0 aromatic rings. The van der Waals surface area contributed by atoms with Crippen molar-refractivity contribution in [3.05, 3.63) is 0 Å². The molecular weight excluding hydrogens is 178 g/mol. The maximum atomic E-state index is 10.7. The van der Waals surface area contributed by atoms with Crippen molar-refractivity contribution >= 4 is 6.09 Å². The van der Waals surface area contributed by atoms with E-state index in [0.717, 1.165) is 12.3 Å². The van der Waals surface area contributed by atoms with E-state index in [-0.39, 0.29) is 0 Å². The molecule has 3 heteroatoms. The van der Waals surface area contributed by atoms with Gasteiger partial charge in [0.15, 0.2) is 0 Å². The molecule has 3 nitrogen and oxygen atoms in total. The number of carbonyl (C=O) groups excluding carboxylic acids is 1. The average Bonchev–Trinajstić information content (AvgIpc) is 2.46. The summed E-state index contributed by atoms with van der Waals surface area (Å²) in [7, 11) is 1.37. The minimum absolute atomic E-state index is 0.432. The van der Waals surface area contributed by atoms with Crippen LogP contribution in [0.25, 0.3) is 0 Å². The summed E-state index contributed by atoms with van der Waals surface area (Å²) in [5, 5.41) is 3.81. The lowest BCUT2D eigenvalue weighted by Crippen LogP contribution is -2.18. The number of ether oxygens (including phenoxy) is 1. The van der Waals surface area contributed by atoms with Crippen LogP contribution in [0, 0.1) is 5.92 Å². The maximum Gasteiger partial charge on any atom is 0.428 e. The molecule has 1 amide bonds. The fraction of sp³-hybridized carbons (Fsp3) is 0.909. The van der Waals surface area contributed by atoms with Crippen molar-refractivity contribution in [1.82, 2.24) is 5.32 Å². The molecule has 14 heavy (non-hydrogen) atoms. The summed E-state index contributed by atoms with van der Waals surface area (Å²) in [5.41, 5.74) is 0. The maximum absolute atomic E-state index is 10.7. The Labute approximate surface area is 86.2 Å². The Morgan fingerprint density at radius 3 is 2.50 bits per heavy atom. The summed E-state index contributed by atoms with van der Waals surface area (Å²) in [6, 6.07) is 0. The molecule has 0 aliphatic heterocycles. The molecule has 81 valence electrons. The predicted octanol–water partition coefficient (Wildman–Crippen LogP) is 2.72. The van der Waals surface area contributed by atoms with Crippen molar-refractivity contribution in [2.45, 2.75) is 44.9 Å². The Kier molecular flexibility index (Phi) is 5.42. The molecular formula is C11H20NO2. The Morgan fingerprint density at radius 2 is 1.93 bits per heavy atom. The quantitative estimate of drug-likeness (QED) is 0.654. The second kappa shape index (κ2) is 6.68. The van der Waals surface area contributed by atoms with Crippen LogP contribution in [0.2, 0.25) is 0 Å². The van der Waals surface area contributed by atoms with Crippen molar-refractivity contribution in [3.8, 4) is 0 Å². The number of hydrogen-bond acceptors (Lipinski definition) is 2. The summed E-state index contributed by atoms with van der Waals surface area (Å²) in [5.74, 6) is 0.783. The lowest BCUT2D eigenvalue weighted by atomic mass is 9.97. The van der Waals surface area contributed by atoms with E-state index in [1.165, 1.54) is 45.6 Å². The SMILES string of the molecule is COC(=O)[N]CCC1CCCCCC1. The van der Waals surface area contributed by atoms with Gasteiger partial charge in [0.1, 0.15) is 0 Å². The van der Waals surface area contributed by atoms with Crippen molar-refractivity contribution in [2.75, 3.05) is 13.7 Å². The average molecular weight is 198 g/mol. The molecule has 0 N–H and O–H groups in total. The Balaban J connectivity index is 2.07. The largest absolute Gasteiger partial charge is 0.452 e. The van der Waals surface area contributed by atoms with Crippen LogP contribution in [0.5, 0.6) is 0 Å². The molecule has 0 saturated heterocycles. The van der Waals surface area contributed by atoms with Gasteiger partial charge in [0, 0.05) is 6.54 Å². The van der Waals surface area contributed by atoms with E-state index in [4.69, 9.17) is 0 Å². The topological polar surface area (TPSA) is 40.4 Å².